The van der Waals surface area contributed by atoms with Gasteiger partial charge in [-0.15, -0.1) is 0 Å². The summed E-state index contributed by atoms with van der Waals surface area (Å²) in [5.74, 6) is 0.123. The van der Waals surface area contributed by atoms with Gasteiger partial charge in [0.2, 0.25) is 0 Å². The van der Waals surface area contributed by atoms with E-state index in [1.165, 1.54) is 0 Å². The van der Waals surface area contributed by atoms with Crippen LogP contribution in [0.15, 0.2) is 40.9 Å². The second-order valence-corrected chi connectivity index (χ2v) is 5.05. The number of halogens is 1. The van der Waals surface area contributed by atoms with Crippen LogP contribution < -0.4 is 21.5 Å². The molecule has 0 atom stereocenters. The van der Waals surface area contributed by atoms with Crippen LogP contribution in [0.4, 0.5) is 17.1 Å². The summed E-state index contributed by atoms with van der Waals surface area (Å²) in [6.45, 7) is 0. The van der Waals surface area contributed by atoms with Crippen molar-refractivity contribution in [2.24, 2.45) is 5.73 Å². The second kappa shape index (κ2) is 5.83. The van der Waals surface area contributed by atoms with Crippen LogP contribution in [-0.4, -0.2) is 13.0 Å². The third-order valence-electron chi connectivity index (χ3n) is 2.76. The number of methoxy groups -OCH3 is 1. The summed E-state index contributed by atoms with van der Waals surface area (Å²) in [5.41, 5.74) is 13.1. The Morgan fingerprint density at radius 3 is 2.65 bits per heavy atom. The highest BCUT2D eigenvalue weighted by Gasteiger charge is 2.09. The van der Waals surface area contributed by atoms with Gasteiger partial charge in [0.1, 0.15) is 5.75 Å². The molecule has 0 unspecified atom stereocenters. The van der Waals surface area contributed by atoms with Crippen molar-refractivity contribution in [1.82, 2.24) is 0 Å². The summed E-state index contributed by atoms with van der Waals surface area (Å²) in [6, 6.07) is 10.6. The minimum absolute atomic E-state index is 0.281. The molecule has 5 N–H and O–H groups in total. The molecule has 0 aromatic heterocycles. The van der Waals surface area contributed by atoms with Crippen LogP contribution in [0, 0.1) is 0 Å². The van der Waals surface area contributed by atoms with E-state index in [9.17, 15) is 4.79 Å². The molecule has 0 heterocycles. The zero-order valence-electron chi connectivity index (χ0n) is 10.8. The first-order valence-corrected chi connectivity index (χ1v) is 6.60. The van der Waals surface area contributed by atoms with E-state index < -0.39 is 5.91 Å². The number of hydrogen-bond donors (Lipinski definition) is 3. The number of benzene rings is 2. The molecule has 2 aromatic carbocycles. The molecule has 0 radical (unpaired) electrons. The van der Waals surface area contributed by atoms with E-state index in [0.717, 1.165) is 10.2 Å². The fourth-order valence-electron chi connectivity index (χ4n) is 1.78. The molecule has 6 heteroatoms. The van der Waals surface area contributed by atoms with Crippen LogP contribution in [0.5, 0.6) is 5.75 Å². The van der Waals surface area contributed by atoms with Gasteiger partial charge in [0, 0.05) is 15.8 Å². The van der Waals surface area contributed by atoms with Crippen molar-refractivity contribution in [3.05, 3.63) is 46.4 Å². The summed E-state index contributed by atoms with van der Waals surface area (Å²) < 4.78 is 6.18. The monoisotopic (exact) mass is 335 g/mol. The Balaban J connectivity index is 2.37. The average molecular weight is 336 g/mol. The van der Waals surface area contributed by atoms with Crippen LogP contribution in [-0.2, 0) is 0 Å². The van der Waals surface area contributed by atoms with Crippen LogP contribution in [0.25, 0.3) is 0 Å². The normalized spacial score (nSPS) is 10.1. The van der Waals surface area contributed by atoms with Gasteiger partial charge < -0.3 is 21.5 Å². The van der Waals surface area contributed by atoms with Gasteiger partial charge in [0.05, 0.1) is 18.4 Å². The van der Waals surface area contributed by atoms with E-state index in [-0.39, 0.29) is 5.56 Å². The van der Waals surface area contributed by atoms with E-state index in [0.29, 0.717) is 17.1 Å². The quantitative estimate of drug-likeness (QED) is 0.749. The standard InChI is InChI=1S/C14H14BrN3O2/c1-20-13-5-2-8(15)6-12(13)18-9-3-4-11(16)10(7-9)14(17)19/h2-7,18H,16H2,1H3,(H2,17,19). The van der Waals surface area contributed by atoms with Crippen LogP contribution in [0.2, 0.25) is 0 Å². The number of primary amides is 1. The maximum atomic E-state index is 11.3. The van der Waals surface area contributed by atoms with Crippen molar-refractivity contribution in [3.8, 4) is 5.75 Å². The van der Waals surface area contributed by atoms with Crippen LogP contribution in [0.1, 0.15) is 10.4 Å². The zero-order valence-corrected chi connectivity index (χ0v) is 12.4. The average Bonchev–Trinajstić information content (AvgIpc) is 2.41. The predicted molar refractivity (Wildman–Crippen MR) is 83.3 cm³/mol. The largest absolute Gasteiger partial charge is 0.495 e. The highest BCUT2D eigenvalue weighted by atomic mass is 79.9. The molecule has 0 spiro atoms. The molecule has 20 heavy (non-hydrogen) atoms. The Morgan fingerprint density at radius 2 is 2.00 bits per heavy atom. The van der Waals surface area contributed by atoms with Gasteiger partial charge >= 0.3 is 0 Å². The Labute approximate surface area is 125 Å². The van der Waals surface area contributed by atoms with E-state index in [1.54, 1.807) is 25.3 Å². The van der Waals surface area contributed by atoms with Gasteiger partial charge in [-0.3, -0.25) is 4.79 Å². The van der Waals surface area contributed by atoms with Crippen molar-refractivity contribution in [2.45, 2.75) is 0 Å². The number of hydrogen-bond acceptors (Lipinski definition) is 4. The number of anilines is 3. The molecular weight excluding hydrogens is 322 g/mol. The van der Waals surface area contributed by atoms with Crippen LogP contribution in [0.3, 0.4) is 0 Å². The first-order valence-electron chi connectivity index (χ1n) is 5.81. The Hall–Kier alpha value is -2.21. The molecule has 104 valence electrons. The molecule has 2 aromatic rings. The fourth-order valence-corrected chi connectivity index (χ4v) is 2.14. The van der Waals surface area contributed by atoms with E-state index in [1.807, 2.05) is 18.2 Å². The van der Waals surface area contributed by atoms with Gasteiger partial charge in [0.25, 0.3) is 5.91 Å². The van der Waals surface area contributed by atoms with Crippen LogP contribution >= 0.6 is 15.9 Å². The highest BCUT2D eigenvalue weighted by molar-refractivity contribution is 9.10. The SMILES string of the molecule is COc1ccc(Br)cc1Nc1ccc(N)c(C(N)=O)c1. The van der Waals surface area contributed by atoms with Crippen molar-refractivity contribution < 1.29 is 9.53 Å². The van der Waals surface area contributed by atoms with Gasteiger partial charge in [0.15, 0.2) is 0 Å². The number of nitrogen functional groups attached to an aromatic ring is 1. The third kappa shape index (κ3) is 3.03. The molecule has 0 saturated heterocycles. The smallest absolute Gasteiger partial charge is 0.250 e. The number of amides is 1. The highest BCUT2D eigenvalue weighted by Crippen LogP contribution is 2.31. The molecule has 2 rings (SSSR count). The summed E-state index contributed by atoms with van der Waals surface area (Å²) in [6.07, 6.45) is 0. The summed E-state index contributed by atoms with van der Waals surface area (Å²) >= 11 is 3.40. The topological polar surface area (TPSA) is 90.4 Å². The van der Waals surface area contributed by atoms with Crippen molar-refractivity contribution in [3.63, 3.8) is 0 Å². The number of ether oxygens (including phenoxy) is 1. The summed E-state index contributed by atoms with van der Waals surface area (Å²) in [5, 5.41) is 3.17. The maximum absolute atomic E-state index is 11.3. The molecule has 0 aliphatic carbocycles. The van der Waals surface area contributed by atoms with Gasteiger partial charge in [-0.05, 0) is 36.4 Å². The maximum Gasteiger partial charge on any atom is 0.250 e. The summed E-state index contributed by atoms with van der Waals surface area (Å²) in [4.78, 5) is 11.3. The molecule has 0 aliphatic rings. The number of carbonyl (C=O) groups excluding carboxylic acids is 1. The molecule has 5 nitrogen and oxygen atoms in total. The van der Waals surface area contributed by atoms with Crippen molar-refractivity contribution in [1.29, 1.82) is 0 Å². The molecule has 0 bridgehead atoms. The lowest BCUT2D eigenvalue weighted by Gasteiger charge is -2.13. The van der Waals surface area contributed by atoms with E-state index >= 15 is 0 Å². The number of nitrogens with one attached hydrogen (secondary N) is 1. The van der Waals surface area contributed by atoms with Gasteiger partial charge in [-0.1, -0.05) is 15.9 Å². The predicted octanol–water partition coefficient (Wildman–Crippen LogP) is 2.88. The summed E-state index contributed by atoms with van der Waals surface area (Å²) in [7, 11) is 1.59. The minimum Gasteiger partial charge on any atom is -0.495 e. The molecule has 0 fully saturated rings. The van der Waals surface area contributed by atoms with E-state index in [2.05, 4.69) is 21.2 Å². The molecule has 0 saturated carbocycles. The second-order valence-electron chi connectivity index (χ2n) is 4.14. The molecule has 1 amide bonds. The third-order valence-corrected chi connectivity index (χ3v) is 3.25. The van der Waals surface area contributed by atoms with Gasteiger partial charge in [-0.2, -0.15) is 0 Å². The lowest BCUT2D eigenvalue weighted by molar-refractivity contribution is 0.100. The molecular formula is C14H14BrN3O2. The first-order chi connectivity index (χ1) is 9.51. The number of nitrogens with two attached hydrogens (primary N) is 2. The lowest BCUT2D eigenvalue weighted by Crippen LogP contribution is -2.13. The fraction of sp³-hybridized carbons (Fsp3) is 0.0714. The Bertz CT molecular complexity index is 659. The van der Waals surface area contributed by atoms with Crippen molar-refractivity contribution >= 4 is 38.9 Å². The lowest BCUT2D eigenvalue weighted by atomic mass is 10.1. The van der Waals surface area contributed by atoms with Crippen molar-refractivity contribution in [2.75, 3.05) is 18.2 Å². The number of carbonyl (C=O) groups is 1. The Kier molecular flexibility index (Phi) is 4.14. The van der Waals surface area contributed by atoms with Gasteiger partial charge in [-0.25, -0.2) is 0 Å². The Morgan fingerprint density at radius 1 is 1.25 bits per heavy atom. The number of rotatable bonds is 4. The van der Waals surface area contributed by atoms with E-state index in [4.69, 9.17) is 16.2 Å². The zero-order chi connectivity index (χ0) is 14.7. The minimum atomic E-state index is -0.563. The molecule has 0 aliphatic heterocycles. The first kappa shape index (κ1) is 14.2.